The number of nitrogens with one attached hydrogen (secondary N) is 1. The van der Waals surface area contributed by atoms with Gasteiger partial charge in [-0.15, -0.1) is 0 Å². The minimum absolute atomic E-state index is 0.191. The van der Waals surface area contributed by atoms with Gasteiger partial charge in [0.1, 0.15) is 29.3 Å². The molecule has 0 bridgehead atoms. The standard InChI is InChI=1S/C25H28FN5O3/c1-15-6-5-7-18(22(15)26)29-23-17-10-20(21(33-4)11-19(17)27-14-28-23)31-13-25(34-24(31)32)8-9-30(3)12-16(25)2/h5-7,10-11,14,16H,8-9,12-13H2,1-4H3,(H,27,28,29). The summed E-state index contributed by atoms with van der Waals surface area (Å²) in [4.78, 5) is 25.7. The zero-order valence-corrected chi connectivity index (χ0v) is 19.8. The van der Waals surface area contributed by atoms with Crippen LogP contribution in [-0.4, -0.2) is 60.4 Å². The second-order valence-electron chi connectivity index (χ2n) is 9.26. The highest BCUT2D eigenvalue weighted by atomic mass is 19.1. The van der Waals surface area contributed by atoms with E-state index in [1.807, 2.05) is 6.07 Å². The van der Waals surface area contributed by atoms with Gasteiger partial charge in [0.05, 0.1) is 30.5 Å². The Morgan fingerprint density at radius 1 is 1.29 bits per heavy atom. The summed E-state index contributed by atoms with van der Waals surface area (Å²) in [6.07, 6.45) is 1.78. The Labute approximate surface area is 197 Å². The number of aromatic nitrogens is 2. The molecule has 2 saturated heterocycles. The van der Waals surface area contributed by atoms with Crippen molar-refractivity contribution in [2.24, 2.45) is 5.92 Å². The average molecular weight is 466 g/mol. The van der Waals surface area contributed by atoms with Crippen LogP contribution in [0.4, 0.5) is 26.4 Å². The number of halogens is 1. The number of likely N-dealkylation sites (tertiary alicyclic amines) is 1. The predicted octanol–water partition coefficient (Wildman–Crippen LogP) is 4.50. The van der Waals surface area contributed by atoms with Crippen LogP contribution in [0.1, 0.15) is 18.9 Å². The fourth-order valence-corrected chi connectivity index (χ4v) is 4.93. The van der Waals surface area contributed by atoms with E-state index in [-0.39, 0.29) is 11.7 Å². The van der Waals surface area contributed by atoms with Gasteiger partial charge >= 0.3 is 6.09 Å². The summed E-state index contributed by atoms with van der Waals surface area (Å²) in [5.74, 6) is 0.794. The molecule has 9 heteroatoms. The monoisotopic (exact) mass is 465 g/mol. The van der Waals surface area contributed by atoms with Gasteiger partial charge in [-0.2, -0.15) is 0 Å². The van der Waals surface area contributed by atoms with Gasteiger partial charge in [0, 0.05) is 36.9 Å². The highest BCUT2D eigenvalue weighted by Crippen LogP contribution is 2.43. The quantitative estimate of drug-likeness (QED) is 0.608. The van der Waals surface area contributed by atoms with Crippen LogP contribution in [0.25, 0.3) is 10.9 Å². The second kappa shape index (κ2) is 8.39. The number of ether oxygens (including phenoxy) is 2. The first-order valence-electron chi connectivity index (χ1n) is 11.4. The Morgan fingerprint density at radius 3 is 2.88 bits per heavy atom. The van der Waals surface area contributed by atoms with Gasteiger partial charge in [-0.3, -0.25) is 4.90 Å². The number of fused-ring (bicyclic) bond motifs is 1. The first-order valence-corrected chi connectivity index (χ1v) is 11.4. The number of amides is 1. The molecule has 5 rings (SSSR count). The molecule has 34 heavy (non-hydrogen) atoms. The maximum atomic E-state index is 14.7. The fourth-order valence-electron chi connectivity index (χ4n) is 4.93. The third-order valence-electron chi connectivity index (χ3n) is 7.01. The summed E-state index contributed by atoms with van der Waals surface area (Å²) in [5.41, 5.74) is 1.49. The van der Waals surface area contributed by atoms with E-state index in [0.29, 0.717) is 46.0 Å². The van der Waals surface area contributed by atoms with Crippen molar-refractivity contribution in [3.05, 3.63) is 48.0 Å². The highest BCUT2D eigenvalue weighted by molar-refractivity contribution is 6.00. The number of aryl methyl sites for hydroxylation is 1. The lowest BCUT2D eigenvalue weighted by atomic mass is 9.82. The maximum absolute atomic E-state index is 14.7. The summed E-state index contributed by atoms with van der Waals surface area (Å²) in [5, 5.41) is 3.73. The minimum Gasteiger partial charge on any atom is -0.494 e. The van der Waals surface area contributed by atoms with Crippen molar-refractivity contribution in [1.82, 2.24) is 14.9 Å². The molecule has 2 fully saturated rings. The van der Waals surface area contributed by atoms with E-state index in [2.05, 4.69) is 34.2 Å². The summed E-state index contributed by atoms with van der Waals surface area (Å²) >= 11 is 0. The van der Waals surface area contributed by atoms with E-state index >= 15 is 0 Å². The van der Waals surface area contributed by atoms with Crippen molar-refractivity contribution < 1.29 is 18.7 Å². The van der Waals surface area contributed by atoms with Gasteiger partial charge in [0.15, 0.2) is 0 Å². The normalized spacial score (nSPS) is 22.9. The van der Waals surface area contributed by atoms with Crippen molar-refractivity contribution in [3.8, 4) is 5.75 Å². The van der Waals surface area contributed by atoms with Crippen LogP contribution >= 0.6 is 0 Å². The van der Waals surface area contributed by atoms with E-state index in [0.717, 1.165) is 19.5 Å². The van der Waals surface area contributed by atoms with Crippen LogP contribution in [0.5, 0.6) is 5.75 Å². The van der Waals surface area contributed by atoms with Crippen LogP contribution < -0.4 is 15.0 Å². The number of carbonyl (C=O) groups is 1. The van der Waals surface area contributed by atoms with Crippen LogP contribution in [-0.2, 0) is 4.74 Å². The number of anilines is 3. The molecule has 0 aliphatic carbocycles. The van der Waals surface area contributed by atoms with Gasteiger partial charge in [0.2, 0.25) is 0 Å². The SMILES string of the molecule is COc1cc2ncnc(Nc3cccc(C)c3F)c2cc1N1CC2(CCN(C)CC2C)OC1=O. The van der Waals surface area contributed by atoms with E-state index in [1.54, 1.807) is 43.2 Å². The lowest BCUT2D eigenvalue weighted by Crippen LogP contribution is -2.52. The lowest BCUT2D eigenvalue weighted by Gasteiger charge is -2.41. The summed E-state index contributed by atoms with van der Waals surface area (Å²) in [6, 6.07) is 8.72. The molecule has 1 amide bonds. The fraction of sp³-hybridized carbons (Fsp3) is 0.400. The highest BCUT2D eigenvalue weighted by Gasteiger charge is 2.51. The first kappa shape index (κ1) is 22.3. The average Bonchev–Trinajstić information content (AvgIpc) is 3.16. The van der Waals surface area contributed by atoms with Crippen LogP contribution in [0.2, 0.25) is 0 Å². The molecule has 1 N–H and O–H groups in total. The Balaban J connectivity index is 1.56. The Morgan fingerprint density at radius 2 is 2.12 bits per heavy atom. The lowest BCUT2D eigenvalue weighted by molar-refractivity contribution is -0.0354. The Bertz CT molecular complexity index is 1270. The summed E-state index contributed by atoms with van der Waals surface area (Å²) in [6.45, 7) is 5.99. The minimum atomic E-state index is -0.539. The smallest absolute Gasteiger partial charge is 0.415 e. The zero-order valence-electron chi connectivity index (χ0n) is 19.8. The predicted molar refractivity (Wildman–Crippen MR) is 128 cm³/mol. The van der Waals surface area contributed by atoms with Gasteiger partial charge in [0.25, 0.3) is 0 Å². The number of carbonyl (C=O) groups excluding carboxylic acids is 1. The van der Waals surface area contributed by atoms with E-state index in [4.69, 9.17) is 9.47 Å². The molecule has 2 aliphatic rings. The van der Waals surface area contributed by atoms with Crippen molar-refractivity contribution in [2.45, 2.75) is 25.9 Å². The molecule has 178 valence electrons. The van der Waals surface area contributed by atoms with Crippen molar-refractivity contribution >= 4 is 34.2 Å². The van der Waals surface area contributed by atoms with E-state index < -0.39 is 11.7 Å². The molecular weight excluding hydrogens is 437 g/mol. The molecule has 2 aliphatic heterocycles. The summed E-state index contributed by atoms with van der Waals surface area (Å²) < 4.78 is 26.3. The van der Waals surface area contributed by atoms with Gasteiger partial charge in [-0.25, -0.2) is 19.2 Å². The van der Waals surface area contributed by atoms with Crippen molar-refractivity contribution in [3.63, 3.8) is 0 Å². The van der Waals surface area contributed by atoms with E-state index in [9.17, 15) is 9.18 Å². The number of hydrogen-bond donors (Lipinski definition) is 1. The molecule has 0 saturated carbocycles. The van der Waals surface area contributed by atoms with Crippen molar-refractivity contribution in [2.75, 3.05) is 44.0 Å². The number of piperidine rings is 1. The molecule has 2 aromatic carbocycles. The Kier molecular flexibility index (Phi) is 5.51. The van der Waals surface area contributed by atoms with Crippen LogP contribution in [0, 0.1) is 18.7 Å². The maximum Gasteiger partial charge on any atom is 0.415 e. The van der Waals surface area contributed by atoms with Gasteiger partial charge < -0.3 is 19.7 Å². The third-order valence-corrected chi connectivity index (χ3v) is 7.01. The molecule has 2 atom stereocenters. The number of rotatable bonds is 4. The van der Waals surface area contributed by atoms with Crippen molar-refractivity contribution in [1.29, 1.82) is 0 Å². The largest absolute Gasteiger partial charge is 0.494 e. The second-order valence-corrected chi connectivity index (χ2v) is 9.26. The first-order chi connectivity index (χ1) is 16.3. The third kappa shape index (κ3) is 3.69. The van der Waals surface area contributed by atoms with Crippen LogP contribution in [0.15, 0.2) is 36.7 Å². The molecule has 3 heterocycles. The molecule has 1 spiro atoms. The number of benzene rings is 2. The molecular formula is C25H28FN5O3. The molecule has 1 aromatic heterocycles. The topological polar surface area (TPSA) is 79.8 Å². The summed E-state index contributed by atoms with van der Waals surface area (Å²) in [7, 11) is 3.64. The number of hydrogen-bond acceptors (Lipinski definition) is 7. The van der Waals surface area contributed by atoms with Crippen LogP contribution in [0.3, 0.4) is 0 Å². The Hall–Kier alpha value is -3.46. The molecule has 2 unspecified atom stereocenters. The molecule has 0 radical (unpaired) electrons. The van der Waals surface area contributed by atoms with Gasteiger partial charge in [-0.05, 0) is 31.7 Å². The zero-order chi connectivity index (χ0) is 24.0. The van der Waals surface area contributed by atoms with Gasteiger partial charge in [-0.1, -0.05) is 19.1 Å². The molecule has 8 nitrogen and oxygen atoms in total. The van der Waals surface area contributed by atoms with E-state index in [1.165, 1.54) is 6.33 Å². The molecule has 3 aromatic rings. The number of nitrogens with zero attached hydrogens (tertiary/aromatic N) is 4. The number of methoxy groups -OCH3 is 1.